The van der Waals surface area contributed by atoms with E-state index in [0.29, 0.717) is 13.0 Å². The number of rotatable bonds is 5. The summed E-state index contributed by atoms with van der Waals surface area (Å²) >= 11 is 5.05. The van der Waals surface area contributed by atoms with Crippen LogP contribution in [0.2, 0.25) is 0 Å². The van der Waals surface area contributed by atoms with Gasteiger partial charge in [-0.1, -0.05) is 6.92 Å². The van der Waals surface area contributed by atoms with Crippen LogP contribution in [0.5, 0.6) is 0 Å². The van der Waals surface area contributed by atoms with Gasteiger partial charge in [-0.2, -0.15) is 5.26 Å². The summed E-state index contributed by atoms with van der Waals surface area (Å²) in [7, 11) is 0. The molecule has 0 radical (unpaired) electrons. The average molecular weight is 315 g/mol. The molecule has 3 nitrogen and oxygen atoms in total. The number of thiophene rings is 1. The molecule has 0 fully saturated rings. The molecule has 17 heavy (non-hydrogen) atoms. The lowest BCUT2D eigenvalue weighted by Gasteiger charge is -2.18. The van der Waals surface area contributed by atoms with Gasteiger partial charge in [0.1, 0.15) is 5.41 Å². The molecule has 0 aromatic carbocycles. The number of amides is 1. The Hall–Kier alpha value is -0.860. The first-order valence-electron chi connectivity index (χ1n) is 5.45. The normalized spacial score (nSPS) is 13.8. The number of carbonyl (C=O) groups excluding carboxylic acids is 1. The first kappa shape index (κ1) is 14.2. The van der Waals surface area contributed by atoms with Gasteiger partial charge in [0.15, 0.2) is 0 Å². The molecule has 1 amide bonds. The van der Waals surface area contributed by atoms with Crippen LogP contribution in [0.25, 0.3) is 0 Å². The average Bonchev–Trinajstić information content (AvgIpc) is 2.74. The molecule has 0 aliphatic heterocycles. The first-order chi connectivity index (χ1) is 8.01. The maximum absolute atomic E-state index is 11.8. The molecule has 1 aromatic rings. The minimum Gasteiger partial charge on any atom is -0.354 e. The van der Waals surface area contributed by atoms with Gasteiger partial charge in [0.05, 0.1) is 9.86 Å². The van der Waals surface area contributed by atoms with E-state index in [4.69, 9.17) is 5.26 Å². The van der Waals surface area contributed by atoms with Gasteiger partial charge in [0.2, 0.25) is 5.91 Å². The minimum absolute atomic E-state index is 0.182. The molecule has 1 unspecified atom stereocenters. The highest BCUT2D eigenvalue weighted by Crippen LogP contribution is 2.22. The molecule has 0 spiro atoms. The maximum Gasteiger partial charge on any atom is 0.240 e. The molecule has 5 heteroatoms. The zero-order valence-electron chi connectivity index (χ0n) is 9.92. The zero-order valence-corrected chi connectivity index (χ0v) is 12.3. The van der Waals surface area contributed by atoms with Crippen LogP contribution in [0, 0.1) is 16.7 Å². The highest BCUT2D eigenvalue weighted by Gasteiger charge is 2.30. The molecule has 0 saturated carbocycles. The molecule has 92 valence electrons. The van der Waals surface area contributed by atoms with Crippen LogP contribution in [0.3, 0.4) is 0 Å². The fourth-order valence-corrected chi connectivity index (χ4v) is 2.75. The number of nitrogens with zero attached hydrogens (tertiary/aromatic N) is 1. The van der Waals surface area contributed by atoms with Crippen molar-refractivity contribution >= 4 is 33.2 Å². The van der Waals surface area contributed by atoms with Gasteiger partial charge >= 0.3 is 0 Å². The molecule has 1 heterocycles. The molecule has 1 aromatic heterocycles. The van der Waals surface area contributed by atoms with Crippen molar-refractivity contribution in [2.24, 2.45) is 5.41 Å². The predicted octanol–water partition coefficient (Wildman–Crippen LogP) is 3.11. The standard InChI is InChI=1S/C12H15BrN2OS/c1-3-12(2,8-14)11(16)15-7-6-9-4-5-10(13)17-9/h4-5H,3,6-7H2,1-2H3,(H,15,16). The zero-order chi connectivity index (χ0) is 12.9. The van der Waals surface area contributed by atoms with E-state index in [1.54, 1.807) is 18.3 Å². The van der Waals surface area contributed by atoms with Gasteiger partial charge in [-0.05, 0) is 47.8 Å². The SMILES string of the molecule is CCC(C)(C#N)C(=O)NCCc1ccc(Br)s1. The smallest absolute Gasteiger partial charge is 0.240 e. The number of carbonyl (C=O) groups is 1. The van der Waals surface area contributed by atoms with E-state index >= 15 is 0 Å². The molecule has 1 atom stereocenters. The van der Waals surface area contributed by atoms with Gasteiger partial charge in [-0.25, -0.2) is 0 Å². The molecular weight excluding hydrogens is 300 g/mol. The fourth-order valence-electron chi connectivity index (χ4n) is 1.27. The summed E-state index contributed by atoms with van der Waals surface area (Å²) in [5.74, 6) is -0.182. The van der Waals surface area contributed by atoms with E-state index in [1.165, 1.54) is 4.88 Å². The lowest BCUT2D eigenvalue weighted by atomic mass is 9.88. The summed E-state index contributed by atoms with van der Waals surface area (Å²) in [6.07, 6.45) is 1.33. The Morgan fingerprint density at radius 1 is 1.65 bits per heavy atom. The third-order valence-electron chi connectivity index (χ3n) is 2.74. The number of hydrogen-bond acceptors (Lipinski definition) is 3. The van der Waals surface area contributed by atoms with Crippen molar-refractivity contribution in [3.05, 3.63) is 20.8 Å². The summed E-state index contributed by atoms with van der Waals surface area (Å²) < 4.78 is 1.09. The maximum atomic E-state index is 11.8. The minimum atomic E-state index is -0.907. The van der Waals surface area contributed by atoms with Crippen LogP contribution in [0.4, 0.5) is 0 Å². The monoisotopic (exact) mass is 314 g/mol. The fraction of sp³-hybridized carbons (Fsp3) is 0.500. The predicted molar refractivity (Wildman–Crippen MR) is 72.7 cm³/mol. The quantitative estimate of drug-likeness (QED) is 0.908. The van der Waals surface area contributed by atoms with Gasteiger partial charge in [-0.3, -0.25) is 4.79 Å². The van der Waals surface area contributed by atoms with E-state index in [0.717, 1.165) is 10.2 Å². The third-order valence-corrected chi connectivity index (χ3v) is 4.42. The molecule has 1 rings (SSSR count). The Labute approximate surface area is 114 Å². The summed E-state index contributed by atoms with van der Waals surface area (Å²) in [5, 5.41) is 11.8. The number of nitrogens with one attached hydrogen (secondary N) is 1. The molecule has 0 aliphatic carbocycles. The van der Waals surface area contributed by atoms with E-state index in [9.17, 15) is 4.79 Å². The van der Waals surface area contributed by atoms with Gasteiger partial charge in [-0.15, -0.1) is 11.3 Å². The van der Waals surface area contributed by atoms with E-state index in [1.807, 2.05) is 19.1 Å². The molecule has 1 N–H and O–H groups in total. The Bertz CT molecular complexity index is 438. The summed E-state index contributed by atoms with van der Waals surface area (Å²) in [6.45, 7) is 4.09. The molecule has 0 saturated heterocycles. The second-order valence-electron chi connectivity index (χ2n) is 4.01. The van der Waals surface area contributed by atoms with Crippen molar-refractivity contribution < 1.29 is 4.79 Å². The Balaban J connectivity index is 2.42. The van der Waals surface area contributed by atoms with Crippen molar-refractivity contribution in [2.45, 2.75) is 26.7 Å². The van der Waals surface area contributed by atoms with Crippen LogP contribution in [-0.4, -0.2) is 12.5 Å². The van der Waals surface area contributed by atoms with Gasteiger partial charge in [0.25, 0.3) is 0 Å². The first-order valence-corrected chi connectivity index (χ1v) is 7.06. The van der Waals surface area contributed by atoms with Gasteiger partial charge in [0, 0.05) is 11.4 Å². The second kappa shape index (κ2) is 6.18. The van der Waals surface area contributed by atoms with Crippen molar-refractivity contribution in [3.8, 4) is 6.07 Å². The van der Waals surface area contributed by atoms with E-state index in [-0.39, 0.29) is 5.91 Å². The summed E-state index contributed by atoms with van der Waals surface area (Å²) in [6, 6.07) is 6.09. The molecule has 0 bridgehead atoms. The topological polar surface area (TPSA) is 52.9 Å². The number of nitriles is 1. The second-order valence-corrected chi connectivity index (χ2v) is 6.56. The van der Waals surface area contributed by atoms with Crippen LogP contribution in [-0.2, 0) is 11.2 Å². The lowest BCUT2D eigenvalue weighted by Crippen LogP contribution is -2.38. The van der Waals surface area contributed by atoms with Crippen LogP contribution in [0.15, 0.2) is 15.9 Å². The molecular formula is C12H15BrN2OS. The van der Waals surface area contributed by atoms with Crippen molar-refractivity contribution in [3.63, 3.8) is 0 Å². The number of hydrogen-bond donors (Lipinski definition) is 1. The molecule has 0 aliphatic rings. The third kappa shape index (κ3) is 3.83. The van der Waals surface area contributed by atoms with Crippen molar-refractivity contribution in [1.82, 2.24) is 5.32 Å². The summed E-state index contributed by atoms with van der Waals surface area (Å²) in [4.78, 5) is 13.0. The van der Waals surface area contributed by atoms with Crippen molar-refractivity contribution in [2.75, 3.05) is 6.54 Å². The van der Waals surface area contributed by atoms with Crippen LogP contribution < -0.4 is 5.32 Å². The summed E-state index contributed by atoms with van der Waals surface area (Å²) in [5.41, 5.74) is -0.907. The van der Waals surface area contributed by atoms with Crippen LogP contribution >= 0.6 is 27.3 Å². The Morgan fingerprint density at radius 2 is 2.35 bits per heavy atom. The van der Waals surface area contributed by atoms with Crippen LogP contribution in [0.1, 0.15) is 25.1 Å². The highest BCUT2D eigenvalue weighted by molar-refractivity contribution is 9.11. The number of halogens is 1. The Kier molecular flexibility index (Phi) is 5.16. The lowest BCUT2D eigenvalue weighted by molar-refractivity contribution is -0.127. The van der Waals surface area contributed by atoms with Gasteiger partial charge < -0.3 is 5.32 Å². The highest BCUT2D eigenvalue weighted by atomic mass is 79.9. The van der Waals surface area contributed by atoms with E-state index in [2.05, 4.69) is 27.3 Å². The van der Waals surface area contributed by atoms with E-state index < -0.39 is 5.41 Å². The Morgan fingerprint density at radius 3 is 2.82 bits per heavy atom. The van der Waals surface area contributed by atoms with Crippen molar-refractivity contribution in [1.29, 1.82) is 5.26 Å². The largest absolute Gasteiger partial charge is 0.354 e.